The quantitative estimate of drug-likeness (QED) is 0.808. The van der Waals surface area contributed by atoms with Crippen LogP contribution in [-0.4, -0.2) is 65.3 Å². The highest BCUT2D eigenvalue weighted by Gasteiger charge is 2.53. The van der Waals surface area contributed by atoms with Crippen molar-refractivity contribution >= 4 is 6.09 Å². The molecule has 6 heteroatoms. The molecule has 2 saturated heterocycles. The molecule has 1 amide bonds. The lowest BCUT2D eigenvalue weighted by molar-refractivity contribution is -0.191. The zero-order valence-electron chi connectivity index (χ0n) is 13.9. The van der Waals surface area contributed by atoms with Crippen molar-refractivity contribution in [2.24, 2.45) is 5.41 Å². The van der Waals surface area contributed by atoms with E-state index in [-0.39, 0.29) is 19.3 Å². The molecule has 0 aromatic rings. The van der Waals surface area contributed by atoms with Crippen molar-refractivity contribution in [1.82, 2.24) is 4.90 Å². The molecule has 0 aromatic heterocycles. The standard InChI is InChI=1S/C16H29NO5/c1-14(2,3)22-13(19)17-8-4-6-15(10-17,11-18)16(20)7-5-9-21-12-16/h18,20H,4-12H2,1-3H3. The third-order valence-electron chi connectivity index (χ3n) is 4.74. The van der Waals surface area contributed by atoms with Crippen LogP contribution in [0, 0.1) is 5.41 Å². The lowest BCUT2D eigenvalue weighted by Gasteiger charge is -2.52. The Hall–Kier alpha value is -0.850. The molecular weight excluding hydrogens is 286 g/mol. The highest BCUT2D eigenvalue weighted by molar-refractivity contribution is 5.68. The Balaban J connectivity index is 2.14. The SMILES string of the molecule is CC(C)(C)OC(=O)N1CCCC(CO)(C2(O)CCCOC2)C1. The van der Waals surface area contributed by atoms with Gasteiger partial charge in [-0.2, -0.15) is 0 Å². The lowest BCUT2D eigenvalue weighted by Crippen LogP contribution is -2.63. The Kier molecular flexibility index (Phi) is 5.04. The lowest BCUT2D eigenvalue weighted by atomic mass is 9.65. The van der Waals surface area contributed by atoms with Crippen LogP contribution >= 0.6 is 0 Å². The molecule has 0 aliphatic carbocycles. The first-order valence-corrected chi connectivity index (χ1v) is 8.10. The summed E-state index contributed by atoms with van der Waals surface area (Å²) in [5.74, 6) is 0. The third-order valence-corrected chi connectivity index (χ3v) is 4.74. The summed E-state index contributed by atoms with van der Waals surface area (Å²) in [5, 5.41) is 21.0. The van der Waals surface area contributed by atoms with E-state index in [0.717, 1.165) is 12.8 Å². The number of hydrogen-bond acceptors (Lipinski definition) is 5. The molecule has 2 N–H and O–H groups in total. The van der Waals surface area contributed by atoms with Crippen molar-refractivity contribution < 1.29 is 24.5 Å². The van der Waals surface area contributed by atoms with Crippen LogP contribution in [0.5, 0.6) is 0 Å². The zero-order chi connectivity index (χ0) is 16.4. The number of carbonyl (C=O) groups is 1. The number of aliphatic hydroxyl groups is 2. The van der Waals surface area contributed by atoms with Gasteiger partial charge in [-0.15, -0.1) is 0 Å². The highest BCUT2D eigenvalue weighted by atomic mass is 16.6. The smallest absolute Gasteiger partial charge is 0.410 e. The number of aliphatic hydroxyl groups excluding tert-OH is 1. The number of ether oxygens (including phenoxy) is 2. The van der Waals surface area contributed by atoms with Crippen molar-refractivity contribution in [3.63, 3.8) is 0 Å². The second-order valence-electron chi connectivity index (χ2n) is 7.63. The summed E-state index contributed by atoms with van der Waals surface area (Å²) >= 11 is 0. The summed E-state index contributed by atoms with van der Waals surface area (Å²) in [4.78, 5) is 13.9. The monoisotopic (exact) mass is 315 g/mol. The summed E-state index contributed by atoms with van der Waals surface area (Å²) in [7, 11) is 0. The fourth-order valence-corrected chi connectivity index (χ4v) is 3.47. The van der Waals surface area contributed by atoms with Gasteiger partial charge in [0.2, 0.25) is 0 Å². The number of carbonyl (C=O) groups excluding carboxylic acids is 1. The van der Waals surface area contributed by atoms with Gasteiger partial charge < -0.3 is 24.6 Å². The summed E-state index contributed by atoms with van der Waals surface area (Å²) in [5.41, 5.74) is -2.37. The molecule has 128 valence electrons. The molecule has 0 spiro atoms. The normalized spacial score (nSPS) is 33.6. The van der Waals surface area contributed by atoms with Gasteiger partial charge in [-0.05, 0) is 46.5 Å². The van der Waals surface area contributed by atoms with Crippen molar-refractivity contribution in [2.45, 2.75) is 57.7 Å². The molecule has 22 heavy (non-hydrogen) atoms. The maximum absolute atomic E-state index is 12.3. The minimum Gasteiger partial charge on any atom is -0.444 e. The average Bonchev–Trinajstić information content (AvgIpc) is 2.46. The van der Waals surface area contributed by atoms with Gasteiger partial charge >= 0.3 is 6.09 Å². The third kappa shape index (κ3) is 3.55. The molecule has 2 aliphatic heterocycles. The van der Waals surface area contributed by atoms with Crippen molar-refractivity contribution in [3.05, 3.63) is 0 Å². The molecule has 2 atom stereocenters. The van der Waals surface area contributed by atoms with Crippen LogP contribution in [0.4, 0.5) is 4.79 Å². The van der Waals surface area contributed by atoms with Crippen molar-refractivity contribution in [2.75, 3.05) is 32.9 Å². The van der Waals surface area contributed by atoms with Gasteiger partial charge in [0.05, 0.1) is 18.8 Å². The molecule has 0 aromatic carbocycles. The van der Waals surface area contributed by atoms with Gasteiger partial charge in [-0.3, -0.25) is 0 Å². The minimum atomic E-state index is -1.08. The van der Waals surface area contributed by atoms with E-state index in [0.29, 0.717) is 32.5 Å². The van der Waals surface area contributed by atoms with Gasteiger partial charge in [0.25, 0.3) is 0 Å². The maximum Gasteiger partial charge on any atom is 0.410 e. The van der Waals surface area contributed by atoms with Gasteiger partial charge in [-0.1, -0.05) is 0 Å². The Bertz CT molecular complexity index is 400. The van der Waals surface area contributed by atoms with E-state index in [1.54, 1.807) is 4.90 Å². The van der Waals surface area contributed by atoms with E-state index in [2.05, 4.69) is 0 Å². The molecular formula is C16H29NO5. The number of hydrogen-bond donors (Lipinski definition) is 2. The Morgan fingerprint density at radius 2 is 2.05 bits per heavy atom. The molecule has 2 rings (SSSR count). The van der Waals surface area contributed by atoms with E-state index in [1.165, 1.54) is 0 Å². The maximum atomic E-state index is 12.3. The van der Waals surface area contributed by atoms with Crippen LogP contribution in [0.3, 0.4) is 0 Å². The molecule has 2 fully saturated rings. The predicted molar refractivity (Wildman–Crippen MR) is 81.6 cm³/mol. The summed E-state index contributed by atoms with van der Waals surface area (Å²) in [6, 6.07) is 0. The molecule has 2 heterocycles. The highest BCUT2D eigenvalue weighted by Crippen LogP contribution is 2.44. The van der Waals surface area contributed by atoms with E-state index in [1.807, 2.05) is 20.8 Å². The number of piperidine rings is 1. The van der Waals surface area contributed by atoms with Gasteiger partial charge in [-0.25, -0.2) is 4.79 Å². The Labute approximate surface area is 132 Å². The second kappa shape index (κ2) is 6.34. The second-order valence-corrected chi connectivity index (χ2v) is 7.63. The number of rotatable bonds is 2. The van der Waals surface area contributed by atoms with Crippen LogP contribution in [0.25, 0.3) is 0 Å². The van der Waals surface area contributed by atoms with Gasteiger partial charge in [0.15, 0.2) is 0 Å². The summed E-state index contributed by atoms with van der Waals surface area (Å²) < 4.78 is 10.9. The van der Waals surface area contributed by atoms with Crippen molar-refractivity contribution in [3.8, 4) is 0 Å². The average molecular weight is 315 g/mol. The largest absolute Gasteiger partial charge is 0.444 e. The fraction of sp³-hybridized carbons (Fsp3) is 0.938. The molecule has 2 unspecified atom stereocenters. The van der Waals surface area contributed by atoms with Crippen LogP contribution < -0.4 is 0 Å². The van der Waals surface area contributed by atoms with Crippen molar-refractivity contribution in [1.29, 1.82) is 0 Å². The van der Waals surface area contributed by atoms with Crippen LogP contribution in [0.15, 0.2) is 0 Å². The fourth-order valence-electron chi connectivity index (χ4n) is 3.47. The van der Waals surface area contributed by atoms with E-state index >= 15 is 0 Å². The van der Waals surface area contributed by atoms with E-state index < -0.39 is 16.6 Å². The minimum absolute atomic E-state index is 0.161. The molecule has 0 saturated carbocycles. The van der Waals surface area contributed by atoms with E-state index in [9.17, 15) is 15.0 Å². The first-order chi connectivity index (χ1) is 10.2. The first kappa shape index (κ1) is 17.5. The van der Waals surface area contributed by atoms with Gasteiger partial charge in [0, 0.05) is 25.1 Å². The number of nitrogens with zero attached hydrogens (tertiary/aromatic N) is 1. The topological polar surface area (TPSA) is 79.2 Å². The predicted octanol–water partition coefficient (Wildman–Crippen LogP) is 1.54. The molecule has 6 nitrogen and oxygen atoms in total. The summed E-state index contributed by atoms with van der Waals surface area (Å²) in [6.45, 7) is 7.08. The number of likely N-dealkylation sites (tertiary alicyclic amines) is 1. The van der Waals surface area contributed by atoms with Crippen LogP contribution in [0.2, 0.25) is 0 Å². The van der Waals surface area contributed by atoms with E-state index in [4.69, 9.17) is 9.47 Å². The molecule has 2 aliphatic rings. The number of amides is 1. The van der Waals surface area contributed by atoms with Crippen LogP contribution in [0.1, 0.15) is 46.5 Å². The zero-order valence-corrected chi connectivity index (χ0v) is 13.9. The first-order valence-electron chi connectivity index (χ1n) is 8.10. The Morgan fingerprint density at radius 3 is 2.59 bits per heavy atom. The van der Waals surface area contributed by atoms with Gasteiger partial charge in [0.1, 0.15) is 5.60 Å². The van der Waals surface area contributed by atoms with Crippen LogP contribution in [-0.2, 0) is 9.47 Å². The Morgan fingerprint density at radius 1 is 1.32 bits per heavy atom. The molecule has 0 radical (unpaired) electrons. The summed E-state index contributed by atoms with van der Waals surface area (Å²) in [6.07, 6.45) is 2.40. The molecule has 0 bridgehead atoms.